The van der Waals surface area contributed by atoms with Crippen LogP contribution < -0.4 is 0 Å². The van der Waals surface area contributed by atoms with E-state index in [2.05, 4.69) is 6.92 Å². The Hall–Kier alpha value is -2.19. The highest BCUT2D eigenvalue weighted by Crippen LogP contribution is 1.97. The van der Waals surface area contributed by atoms with E-state index in [1.807, 2.05) is 0 Å². The van der Waals surface area contributed by atoms with E-state index in [1.165, 1.54) is 0 Å². The summed E-state index contributed by atoms with van der Waals surface area (Å²) in [6.07, 6.45) is 3.72. The van der Waals surface area contributed by atoms with Gasteiger partial charge in [0.15, 0.2) is 6.29 Å². The average molecular weight is 1520 g/mol. The third-order valence-electron chi connectivity index (χ3n) is 1.33. The second kappa shape index (κ2) is 561. The molecular weight excluding hydrogens is 1330 g/mol. The molecule has 0 saturated heterocycles. The van der Waals surface area contributed by atoms with E-state index in [1.54, 1.807) is 208 Å². The molecule has 0 aliphatic rings. The smallest absolute Gasteiger partial charge is 0.331 e. The first kappa shape index (κ1) is 199. The van der Waals surface area contributed by atoms with Gasteiger partial charge in [0.2, 0.25) is 0 Å². The Bertz CT molecular complexity index is 479. The fourth-order valence-electron chi connectivity index (χ4n) is 0.641. The lowest BCUT2D eigenvalue weighted by atomic mass is 10.4. The van der Waals surface area contributed by atoms with Crippen LogP contribution in [0.3, 0.4) is 0 Å². The number of carboxylic acid groups (broad SMARTS) is 1. The molecule has 33 nitrogen and oxygen atoms in total. The second-order valence-corrected chi connectivity index (χ2v) is 11.7. The number of aliphatic carboxylic acids is 1. The summed E-state index contributed by atoms with van der Waals surface area (Å²) in [6, 6.07) is 0. The van der Waals surface area contributed by atoms with Crippen molar-refractivity contribution in [2.45, 2.75) is 234 Å². The first-order chi connectivity index (χ1) is 47.2. The maximum absolute atomic E-state index is 10.0. The predicted molar refractivity (Wildman–Crippen MR) is 418 cm³/mol. The van der Waals surface area contributed by atoms with Crippen LogP contribution in [0, 0.1) is 0 Å². The van der Waals surface area contributed by atoms with E-state index in [9.17, 15) is 4.79 Å². The molecule has 100 heavy (non-hydrogen) atoms. The largest absolute Gasteiger partial charge is 0.478 e. The Labute approximate surface area is 616 Å². The maximum atomic E-state index is 10.0. The van der Waals surface area contributed by atoms with Gasteiger partial charge in [0, 0.05) is 192 Å². The van der Waals surface area contributed by atoms with Gasteiger partial charge in [-0.3, -0.25) is 0 Å². The van der Waals surface area contributed by atoms with Crippen molar-refractivity contribution >= 4 is 5.97 Å². The van der Waals surface area contributed by atoms with Gasteiger partial charge >= 0.3 is 5.97 Å². The molecule has 0 spiro atoms. The molecule has 0 fully saturated rings. The summed E-state index contributed by atoms with van der Waals surface area (Å²) < 4.78 is 10.1. The van der Waals surface area contributed by atoms with Crippen LogP contribution in [0.1, 0.15) is 227 Å². The molecule has 0 aromatic heterocycles. The van der Waals surface area contributed by atoms with Gasteiger partial charge in [-0.05, 0) is 214 Å². The number of ether oxygens (including phenoxy) is 2. The summed E-state index contributed by atoms with van der Waals surface area (Å²) in [4.78, 5) is 10.0. The van der Waals surface area contributed by atoms with Crippen molar-refractivity contribution in [1.29, 1.82) is 0 Å². The monoisotopic (exact) mass is 1520 g/mol. The number of hydrogen-bond donors (Lipinski definition) is 30. The summed E-state index contributed by atoms with van der Waals surface area (Å²) in [5, 5.41) is 228. The minimum atomic E-state index is -1.03. The molecule has 0 saturated carbocycles. The van der Waals surface area contributed by atoms with Gasteiger partial charge in [-0.2, -0.15) is 0 Å². The van der Waals surface area contributed by atoms with Crippen molar-refractivity contribution in [1.82, 2.24) is 0 Å². The molecule has 0 amide bonds. The highest BCUT2D eigenvalue weighted by molar-refractivity contribution is 5.79. The highest BCUT2D eigenvalue weighted by Gasteiger charge is 1.98. The van der Waals surface area contributed by atoms with E-state index >= 15 is 0 Å². The standard InChI is InChI=1S/C9H16O4.29C2H6O/c1-3-4-6-12-8(2)13-7-5-9(10)11;29*1-2-3/h5,7-8H,3-4,6H2,1-2H3,(H,10,11);29*3H,2H2,1H3. The summed E-state index contributed by atoms with van der Waals surface area (Å²) in [7, 11) is 0. The zero-order valence-electron chi connectivity index (χ0n) is 70.5. The molecule has 33 heteroatoms. The number of carbonyl (C=O) groups is 1. The molecule has 0 aliphatic heterocycles. The van der Waals surface area contributed by atoms with E-state index in [4.69, 9.17) is 163 Å². The zero-order chi connectivity index (χ0) is 88.6. The van der Waals surface area contributed by atoms with Gasteiger partial charge in [0.05, 0.1) is 18.9 Å². The summed E-state index contributed by atoms with van der Waals surface area (Å²) in [5.41, 5.74) is 0. The number of hydrogen-bond acceptors (Lipinski definition) is 32. The molecule has 0 rings (SSSR count). The van der Waals surface area contributed by atoms with Crippen LogP contribution in [0.25, 0.3) is 0 Å². The number of rotatable bonds is 7. The predicted octanol–water partition coefficient (Wildman–Crippen LogP) is 1.72. The Morgan fingerprint density at radius 2 is 0.320 bits per heavy atom. The van der Waals surface area contributed by atoms with Crippen molar-refractivity contribution in [3.8, 4) is 0 Å². The van der Waals surface area contributed by atoms with Gasteiger partial charge in [-0.15, -0.1) is 0 Å². The van der Waals surface area contributed by atoms with E-state index < -0.39 is 5.97 Å². The lowest BCUT2D eigenvalue weighted by molar-refractivity contribution is -0.132. The third-order valence-corrected chi connectivity index (χ3v) is 1.33. The van der Waals surface area contributed by atoms with Crippen molar-refractivity contribution in [3.05, 3.63) is 12.3 Å². The Kier molecular flexibility index (Phi) is 1120. The SMILES string of the molecule is CCCCOC(C)OC=CC(=O)O.CCO.CCO.CCO.CCO.CCO.CCO.CCO.CCO.CCO.CCO.CCO.CCO.CCO.CCO.CCO.CCO.CCO.CCO.CCO.CCO.CCO.CCO.CCO.CCO.CCO.CCO.CCO.CCO.CCO. The lowest BCUT2D eigenvalue weighted by Crippen LogP contribution is -2.10. The summed E-state index contributed by atoms with van der Waals surface area (Å²) >= 11 is 0. The van der Waals surface area contributed by atoms with Gasteiger partial charge in [0.25, 0.3) is 0 Å². The number of aliphatic hydroxyl groups is 29. The van der Waals surface area contributed by atoms with Gasteiger partial charge in [-0.1, -0.05) is 13.3 Å². The molecule has 1 unspecified atom stereocenters. The molecule has 1 atom stereocenters. The minimum Gasteiger partial charge on any atom is -0.478 e. The minimum absolute atomic E-state index is 0.250. The van der Waals surface area contributed by atoms with Gasteiger partial charge < -0.3 is 163 Å². The number of carboxylic acids is 1. The van der Waals surface area contributed by atoms with Crippen LogP contribution in [0.5, 0.6) is 0 Å². The molecule has 0 aromatic carbocycles. The van der Waals surface area contributed by atoms with Crippen molar-refractivity contribution in [2.75, 3.05) is 198 Å². The highest BCUT2D eigenvalue weighted by atomic mass is 16.7. The molecule has 0 bridgehead atoms. The van der Waals surface area contributed by atoms with Crippen LogP contribution in [0.2, 0.25) is 0 Å². The van der Waals surface area contributed by atoms with Crippen LogP contribution in [-0.2, 0) is 14.3 Å². The fraction of sp³-hybridized carbons (Fsp3) is 0.955. The first-order valence-corrected chi connectivity index (χ1v) is 34.0. The Morgan fingerprint density at radius 3 is 0.390 bits per heavy atom. The number of unbranched alkanes of at least 4 members (excludes halogenated alkanes) is 1. The van der Waals surface area contributed by atoms with Crippen LogP contribution in [0.15, 0.2) is 12.3 Å². The summed E-state index contributed by atoms with van der Waals surface area (Å²) in [6.45, 7) is 60.4. The number of aliphatic hydroxyl groups excluding tert-OH is 29. The maximum Gasteiger partial charge on any atom is 0.331 e. The molecular formula is C67H190O33. The van der Waals surface area contributed by atoms with Crippen LogP contribution in [-0.4, -0.2) is 364 Å². The lowest BCUT2D eigenvalue weighted by Gasteiger charge is -2.11. The zero-order valence-corrected chi connectivity index (χ0v) is 70.5. The summed E-state index contributed by atoms with van der Waals surface area (Å²) in [5.74, 6) is -1.03. The molecule has 656 valence electrons. The normalized spacial score (nSPS) is 6.92. The molecule has 0 radical (unpaired) electrons. The molecule has 30 N–H and O–H groups in total. The van der Waals surface area contributed by atoms with Gasteiger partial charge in [0.1, 0.15) is 0 Å². The second-order valence-electron chi connectivity index (χ2n) is 11.7. The van der Waals surface area contributed by atoms with Crippen LogP contribution >= 0.6 is 0 Å². The average Bonchev–Trinajstić information content (AvgIpc) is 3.49. The fourth-order valence-corrected chi connectivity index (χ4v) is 0.641. The van der Waals surface area contributed by atoms with E-state index in [0.717, 1.165) is 25.2 Å². The van der Waals surface area contributed by atoms with Crippen molar-refractivity contribution in [2.24, 2.45) is 0 Å². The van der Waals surface area contributed by atoms with E-state index in [0.29, 0.717) is 6.61 Å². The van der Waals surface area contributed by atoms with Crippen molar-refractivity contribution < 1.29 is 167 Å². The Balaban J connectivity index is -0.0000000184. The van der Waals surface area contributed by atoms with Crippen molar-refractivity contribution in [3.63, 3.8) is 0 Å². The topological polar surface area (TPSA) is 642 Å². The van der Waals surface area contributed by atoms with E-state index in [-0.39, 0.29) is 198 Å². The van der Waals surface area contributed by atoms with Gasteiger partial charge in [-0.25, -0.2) is 4.79 Å². The van der Waals surface area contributed by atoms with Crippen LogP contribution in [0.4, 0.5) is 0 Å². The Morgan fingerprint density at radius 1 is 0.230 bits per heavy atom. The molecule has 0 heterocycles. The molecule has 0 aliphatic carbocycles. The molecule has 0 aromatic rings. The third kappa shape index (κ3) is 11100. The quantitative estimate of drug-likeness (QED) is 0.0747. The first-order valence-electron chi connectivity index (χ1n) is 34.0.